The van der Waals surface area contributed by atoms with Gasteiger partial charge in [-0.15, -0.1) is 0 Å². The van der Waals surface area contributed by atoms with Crippen molar-refractivity contribution in [3.8, 4) is 0 Å². The number of carboxylic acid groups (broad SMARTS) is 1. The molecule has 1 fully saturated rings. The number of ether oxygens (including phenoxy) is 1. The van der Waals surface area contributed by atoms with Crippen molar-refractivity contribution in [2.24, 2.45) is 0 Å². The number of aliphatic carboxylic acids is 1. The Hall–Kier alpha value is -2.41. The normalized spacial score (nSPS) is 22.9. The highest BCUT2D eigenvalue weighted by Crippen LogP contribution is 2.28. The minimum atomic E-state index is -0.928. The van der Waals surface area contributed by atoms with Gasteiger partial charge in [-0.25, -0.2) is 0 Å². The van der Waals surface area contributed by atoms with Gasteiger partial charge < -0.3 is 20.1 Å². The predicted molar refractivity (Wildman–Crippen MR) is 85.9 cm³/mol. The van der Waals surface area contributed by atoms with Crippen LogP contribution in [0.5, 0.6) is 0 Å². The second kappa shape index (κ2) is 6.60. The van der Waals surface area contributed by atoms with Crippen molar-refractivity contribution >= 4 is 23.5 Å². The first-order chi connectivity index (χ1) is 11.5. The van der Waals surface area contributed by atoms with Crippen molar-refractivity contribution in [3.63, 3.8) is 0 Å². The van der Waals surface area contributed by atoms with Crippen molar-refractivity contribution in [1.29, 1.82) is 0 Å². The lowest BCUT2D eigenvalue weighted by Gasteiger charge is -2.24. The van der Waals surface area contributed by atoms with Crippen LogP contribution in [-0.4, -0.2) is 53.6 Å². The Balaban J connectivity index is 1.82. The Morgan fingerprint density at radius 3 is 2.88 bits per heavy atom. The SMILES string of the molecule is COC1CC(CC(=O)O)N(C(=O)c2ccc3c(c2)CCC(=O)N3)C1. The fraction of sp³-hybridized carbons (Fsp3) is 0.471. The molecule has 2 amide bonds. The molecule has 2 N–H and O–H groups in total. The van der Waals surface area contributed by atoms with Crippen LogP contribution in [0.1, 0.15) is 35.2 Å². The van der Waals surface area contributed by atoms with Crippen LogP contribution in [-0.2, 0) is 20.7 Å². The van der Waals surface area contributed by atoms with E-state index in [2.05, 4.69) is 5.32 Å². The maximum absolute atomic E-state index is 12.8. The summed E-state index contributed by atoms with van der Waals surface area (Å²) in [6, 6.07) is 4.82. The average Bonchev–Trinajstić information content (AvgIpc) is 2.95. The molecule has 128 valence electrons. The highest BCUT2D eigenvalue weighted by molar-refractivity contribution is 5.98. The van der Waals surface area contributed by atoms with Gasteiger partial charge in [-0.05, 0) is 36.6 Å². The number of amides is 2. The van der Waals surface area contributed by atoms with E-state index in [1.807, 2.05) is 0 Å². The number of methoxy groups -OCH3 is 1. The van der Waals surface area contributed by atoms with E-state index in [1.165, 1.54) is 0 Å². The van der Waals surface area contributed by atoms with Crippen LogP contribution < -0.4 is 5.32 Å². The zero-order valence-electron chi connectivity index (χ0n) is 13.4. The molecule has 7 nitrogen and oxygen atoms in total. The van der Waals surface area contributed by atoms with Gasteiger partial charge >= 0.3 is 5.97 Å². The molecule has 0 bridgehead atoms. The van der Waals surface area contributed by atoms with Gasteiger partial charge in [0.15, 0.2) is 0 Å². The van der Waals surface area contributed by atoms with E-state index in [0.717, 1.165) is 11.3 Å². The molecule has 24 heavy (non-hydrogen) atoms. The summed E-state index contributed by atoms with van der Waals surface area (Å²) >= 11 is 0. The number of hydrogen-bond acceptors (Lipinski definition) is 4. The molecule has 3 rings (SSSR count). The number of benzene rings is 1. The van der Waals surface area contributed by atoms with E-state index in [-0.39, 0.29) is 30.4 Å². The fourth-order valence-electron chi connectivity index (χ4n) is 3.37. The van der Waals surface area contributed by atoms with Gasteiger partial charge in [-0.1, -0.05) is 0 Å². The fourth-order valence-corrected chi connectivity index (χ4v) is 3.37. The first-order valence-corrected chi connectivity index (χ1v) is 7.96. The zero-order valence-corrected chi connectivity index (χ0v) is 13.4. The molecule has 2 aliphatic heterocycles. The lowest BCUT2D eigenvalue weighted by atomic mass is 9.99. The number of likely N-dealkylation sites (tertiary alicyclic amines) is 1. The molecule has 2 heterocycles. The number of carbonyl (C=O) groups is 3. The number of rotatable bonds is 4. The molecular weight excluding hydrogens is 312 g/mol. The summed E-state index contributed by atoms with van der Waals surface area (Å²) in [5.41, 5.74) is 2.18. The number of hydrogen-bond donors (Lipinski definition) is 2. The van der Waals surface area contributed by atoms with Crippen LogP contribution in [0.15, 0.2) is 18.2 Å². The third-order valence-electron chi connectivity index (χ3n) is 4.63. The summed E-state index contributed by atoms with van der Waals surface area (Å²) in [4.78, 5) is 36.9. The van der Waals surface area contributed by atoms with Crippen LogP contribution in [0, 0.1) is 0 Å². The second-order valence-corrected chi connectivity index (χ2v) is 6.22. The molecule has 1 aromatic carbocycles. The highest BCUT2D eigenvalue weighted by atomic mass is 16.5. The predicted octanol–water partition coefficient (Wildman–Crippen LogP) is 1.28. The van der Waals surface area contributed by atoms with E-state index < -0.39 is 5.97 Å². The third-order valence-corrected chi connectivity index (χ3v) is 4.63. The number of anilines is 1. The van der Waals surface area contributed by atoms with Gasteiger partial charge in [-0.2, -0.15) is 0 Å². The first-order valence-electron chi connectivity index (χ1n) is 7.96. The molecule has 0 aliphatic carbocycles. The monoisotopic (exact) mass is 332 g/mol. The van der Waals surface area contributed by atoms with E-state index in [1.54, 1.807) is 30.2 Å². The lowest BCUT2D eigenvalue weighted by Crippen LogP contribution is -2.37. The van der Waals surface area contributed by atoms with Crippen LogP contribution >= 0.6 is 0 Å². The van der Waals surface area contributed by atoms with Gasteiger partial charge in [0.1, 0.15) is 0 Å². The number of fused-ring (bicyclic) bond motifs is 1. The zero-order chi connectivity index (χ0) is 17.3. The maximum Gasteiger partial charge on any atom is 0.305 e. The Labute approximate surface area is 139 Å². The minimum absolute atomic E-state index is 0.0226. The Morgan fingerprint density at radius 1 is 1.38 bits per heavy atom. The molecular formula is C17H20N2O5. The minimum Gasteiger partial charge on any atom is -0.481 e. The lowest BCUT2D eigenvalue weighted by molar-refractivity contribution is -0.138. The Morgan fingerprint density at radius 2 is 2.17 bits per heavy atom. The summed E-state index contributed by atoms with van der Waals surface area (Å²) in [5, 5.41) is 11.9. The highest BCUT2D eigenvalue weighted by Gasteiger charge is 2.37. The number of carboxylic acids is 1. The summed E-state index contributed by atoms with van der Waals surface area (Å²) < 4.78 is 5.31. The molecule has 2 unspecified atom stereocenters. The van der Waals surface area contributed by atoms with Crippen molar-refractivity contribution < 1.29 is 24.2 Å². The van der Waals surface area contributed by atoms with Crippen molar-refractivity contribution in [3.05, 3.63) is 29.3 Å². The molecule has 0 aromatic heterocycles. The molecule has 0 saturated carbocycles. The molecule has 2 atom stereocenters. The van der Waals surface area contributed by atoms with Crippen LogP contribution in [0.4, 0.5) is 5.69 Å². The number of aryl methyl sites for hydroxylation is 1. The second-order valence-electron chi connectivity index (χ2n) is 6.22. The molecule has 1 saturated heterocycles. The molecule has 2 aliphatic rings. The summed E-state index contributed by atoms with van der Waals surface area (Å²) in [6.45, 7) is 0.390. The summed E-state index contributed by atoms with van der Waals surface area (Å²) in [7, 11) is 1.57. The molecule has 0 spiro atoms. The quantitative estimate of drug-likeness (QED) is 0.866. The smallest absolute Gasteiger partial charge is 0.305 e. The van der Waals surface area contributed by atoms with E-state index >= 15 is 0 Å². The topological polar surface area (TPSA) is 95.9 Å². The van der Waals surface area contributed by atoms with Crippen LogP contribution in [0.3, 0.4) is 0 Å². The van der Waals surface area contributed by atoms with Crippen molar-refractivity contribution in [1.82, 2.24) is 4.90 Å². The van der Waals surface area contributed by atoms with Gasteiger partial charge in [0.05, 0.1) is 12.5 Å². The molecule has 0 radical (unpaired) electrons. The first kappa shape index (κ1) is 16.4. The van der Waals surface area contributed by atoms with Gasteiger partial charge in [0, 0.05) is 37.4 Å². The molecule has 7 heteroatoms. The number of nitrogens with one attached hydrogen (secondary N) is 1. The number of nitrogens with zero attached hydrogens (tertiary/aromatic N) is 1. The average molecular weight is 332 g/mol. The van der Waals surface area contributed by atoms with Crippen LogP contribution in [0.25, 0.3) is 0 Å². The Bertz CT molecular complexity index is 688. The Kier molecular flexibility index (Phi) is 4.53. The van der Waals surface area contributed by atoms with E-state index in [0.29, 0.717) is 31.4 Å². The van der Waals surface area contributed by atoms with Crippen molar-refractivity contribution in [2.75, 3.05) is 19.0 Å². The molecule has 1 aromatic rings. The van der Waals surface area contributed by atoms with Gasteiger partial charge in [-0.3, -0.25) is 14.4 Å². The third kappa shape index (κ3) is 3.26. The summed E-state index contributed by atoms with van der Waals surface area (Å²) in [6.07, 6.45) is 1.29. The largest absolute Gasteiger partial charge is 0.481 e. The number of carbonyl (C=O) groups excluding carboxylic acids is 2. The van der Waals surface area contributed by atoms with E-state index in [9.17, 15) is 14.4 Å². The van der Waals surface area contributed by atoms with Crippen molar-refractivity contribution in [2.45, 2.75) is 37.8 Å². The van der Waals surface area contributed by atoms with Gasteiger partial charge in [0.25, 0.3) is 5.91 Å². The summed E-state index contributed by atoms with van der Waals surface area (Å²) in [5.74, 6) is -1.14. The van der Waals surface area contributed by atoms with E-state index in [4.69, 9.17) is 9.84 Å². The standard InChI is InChI=1S/C17H20N2O5/c1-24-13-7-12(8-16(21)22)19(9-13)17(23)11-2-4-14-10(6-11)3-5-15(20)18-14/h2,4,6,12-13H,3,5,7-9H2,1H3,(H,18,20)(H,21,22). The maximum atomic E-state index is 12.8. The van der Waals surface area contributed by atoms with Gasteiger partial charge in [0.2, 0.25) is 5.91 Å². The van der Waals surface area contributed by atoms with Crippen LogP contribution in [0.2, 0.25) is 0 Å².